The molecule has 10 nitrogen and oxygen atoms in total. The van der Waals surface area contributed by atoms with Gasteiger partial charge in [0.05, 0.1) is 19.9 Å². The van der Waals surface area contributed by atoms with Crippen molar-refractivity contribution in [2.45, 2.75) is 45.3 Å². The third-order valence-corrected chi connectivity index (χ3v) is 6.25. The first kappa shape index (κ1) is 24.2. The van der Waals surface area contributed by atoms with Crippen LogP contribution < -0.4 is 21.1 Å². The lowest BCUT2D eigenvalue weighted by atomic mass is 10.1. The summed E-state index contributed by atoms with van der Waals surface area (Å²) in [6.45, 7) is 7.82. The van der Waals surface area contributed by atoms with Gasteiger partial charge in [0.15, 0.2) is 5.82 Å². The number of benzene rings is 1. The number of hydrogen-bond donors (Lipinski definition) is 4. The zero-order chi connectivity index (χ0) is 23.9. The Morgan fingerprint density at radius 3 is 2.76 bits per heavy atom. The van der Waals surface area contributed by atoms with Gasteiger partial charge in [0.1, 0.15) is 16.8 Å². The molecule has 1 aromatic carbocycles. The largest absolute Gasteiger partial charge is 0.496 e. The molecule has 10 heteroatoms. The van der Waals surface area contributed by atoms with Gasteiger partial charge in [0, 0.05) is 50.9 Å². The Labute approximate surface area is 200 Å². The van der Waals surface area contributed by atoms with Gasteiger partial charge in [-0.05, 0) is 24.5 Å². The predicted octanol–water partition coefficient (Wildman–Crippen LogP) is 1.83. The molecular weight excluding hydrogens is 432 g/mol. The van der Waals surface area contributed by atoms with Gasteiger partial charge in [-0.25, -0.2) is 4.98 Å². The molecule has 1 fully saturated rings. The molecule has 3 aromatic rings. The Bertz CT molecular complexity index is 1070. The van der Waals surface area contributed by atoms with E-state index in [1.54, 1.807) is 13.3 Å². The number of rotatable bonds is 11. The van der Waals surface area contributed by atoms with E-state index in [-0.39, 0.29) is 18.6 Å². The molecule has 1 unspecified atom stereocenters. The number of anilines is 2. The van der Waals surface area contributed by atoms with E-state index in [4.69, 9.17) is 10.5 Å². The van der Waals surface area contributed by atoms with Gasteiger partial charge >= 0.3 is 0 Å². The predicted molar refractivity (Wildman–Crippen MR) is 134 cm³/mol. The lowest BCUT2D eigenvalue weighted by molar-refractivity contribution is 0.233. The number of aliphatic hydroxyl groups excluding tert-OH is 1. The topological polar surface area (TPSA) is 126 Å². The van der Waals surface area contributed by atoms with E-state index in [1.807, 2.05) is 4.68 Å². The Kier molecular flexibility index (Phi) is 8.15. The van der Waals surface area contributed by atoms with Gasteiger partial charge < -0.3 is 26.2 Å². The lowest BCUT2D eigenvalue weighted by Crippen LogP contribution is -2.42. The van der Waals surface area contributed by atoms with E-state index in [9.17, 15) is 5.11 Å². The smallest absolute Gasteiger partial charge is 0.222 e. The van der Waals surface area contributed by atoms with Crippen LogP contribution in [0, 0.1) is 0 Å². The van der Waals surface area contributed by atoms with Gasteiger partial charge in [-0.3, -0.25) is 9.58 Å². The SMILES string of the molecule is CCCC(CCO)Nc1nc(N)nc2cnn(Cc3ccc(CN4CCNCC4)cc3OC)c12. The fourth-order valence-corrected chi connectivity index (χ4v) is 4.53. The van der Waals surface area contributed by atoms with Gasteiger partial charge in [0.25, 0.3) is 0 Å². The minimum atomic E-state index is 0.0923. The maximum atomic E-state index is 9.47. The fraction of sp³-hybridized carbons (Fsp3) is 0.542. The van der Waals surface area contributed by atoms with Crippen LogP contribution in [0.2, 0.25) is 0 Å². The number of ether oxygens (including phenoxy) is 1. The molecule has 0 aliphatic carbocycles. The van der Waals surface area contributed by atoms with Gasteiger partial charge in [-0.15, -0.1) is 0 Å². The second-order valence-corrected chi connectivity index (χ2v) is 8.78. The second-order valence-electron chi connectivity index (χ2n) is 8.78. The maximum absolute atomic E-state index is 9.47. The summed E-state index contributed by atoms with van der Waals surface area (Å²) in [6, 6.07) is 6.49. The molecule has 1 atom stereocenters. The molecule has 3 heterocycles. The van der Waals surface area contributed by atoms with Gasteiger partial charge in [-0.2, -0.15) is 10.1 Å². The van der Waals surface area contributed by atoms with Gasteiger partial charge in [-0.1, -0.05) is 25.5 Å². The number of aromatic nitrogens is 4. The first-order valence-electron chi connectivity index (χ1n) is 12.1. The van der Waals surface area contributed by atoms with E-state index in [1.165, 1.54) is 5.56 Å². The minimum absolute atomic E-state index is 0.0923. The van der Waals surface area contributed by atoms with Gasteiger partial charge in [0.2, 0.25) is 5.95 Å². The summed E-state index contributed by atoms with van der Waals surface area (Å²) in [7, 11) is 1.70. The normalized spacial score (nSPS) is 15.5. The average Bonchev–Trinajstić information content (AvgIpc) is 3.23. The highest BCUT2D eigenvalue weighted by Gasteiger charge is 2.18. The summed E-state index contributed by atoms with van der Waals surface area (Å²) in [5, 5.41) is 20.9. The fourth-order valence-electron chi connectivity index (χ4n) is 4.53. The van der Waals surface area contributed by atoms with Crippen molar-refractivity contribution in [3.05, 3.63) is 35.5 Å². The maximum Gasteiger partial charge on any atom is 0.222 e. The van der Waals surface area contributed by atoms with Crippen LogP contribution in [0.3, 0.4) is 0 Å². The van der Waals surface area contributed by atoms with E-state index >= 15 is 0 Å². The van der Waals surface area contributed by atoms with Crippen molar-refractivity contribution in [2.75, 3.05) is 50.9 Å². The molecule has 34 heavy (non-hydrogen) atoms. The van der Waals surface area contributed by atoms with Crippen molar-refractivity contribution in [3.8, 4) is 5.75 Å². The van der Waals surface area contributed by atoms with Crippen LogP contribution in [0.4, 0.5) is 11.8 Å². The molecule has 0 amide bonds. The average molecular weight is 469 g/mol. The summed E-state index contributed by atoms with van der Waals surface area (Å²) in [6.07, 6.45) is 4.26. The number of fused-ring (bicyclic) bond motifs is 1. The summed E-state index contributed by atoms with van der Waals surface area (Å²) in [5.74, 6) is 1.68. The van der Waals surface area contributed by atoms with Crippen LogP contribution in [0.15, 0.2) is 24.4 Å². The van der Waals surface area contributed by atoms with Crippen molar-refractivity contribution in [2.24, 2.45) is 0 Å². The number of piperazine rings is 1. The monoisotopic (exact) mass is 468 g/mol. The third-order valence-electron chi connectivity index (χ3n) is 6.25. The molecule has 5 N–H and O–H groups in total. The molecule has 0 saturated carbocycles. The third kappa shape index (κ3) is 5.75. The highest BCUT2D eigenvalue weighted by molar-refractivity contribution is 5.86. The Hall–Kier alpha value is -2.95. The van der Waals surface area contributed by atoms with Crippen molar-refractivity contribution >= 4 is 22.8 Å². The number of nitrogen functional groups attached to an aromatic ring is 1. The highest BCUT2D eigenvalue weighted by atomic mass is 16.5. The molecule has 1 saturated heterocycles. The molecule has 0 bridgehead atoms. The molecule has 2 aromatic heterocycles. The Morgan fingerprint density at radius 1 is 1.21 bits per heavy atom. The molecular formula is C24H36N8O2. The molecule has 0 spiro atoms. The number of nitrogens with one attached hydrogen (secondary N) is 2. The number of nitrogens with zero attached hydrogens (tertiary/aromatic N) is 5. The van der Waals surface area contributed by atoms with Crippen molar-refractivity contribution in [3.63, 3.8) is 0 Å². The van der Waals surface area contributed by atoms with Crippen molar-refractivity contribution in [1.82, 2.24) is 30.0 Å². The first-order chi connectivity index (χ1) is 16.6. The minimum Gasteiger partial charge on any atom is -0.496 e. The zero-order valence-electron chi connectivity index (χ0n) is 20.1. The Balaban J connectivity index is 1.60. The lowest BCUT2D eigenvalue weighted by Gasteiger charge is -2.27. The van der Waals surface area contributed by atoms with Crippen LogP contribution in [-0.4, -0.2) is 75.7 Å². The molecule has 1 aliphatic rings. The summed E-state index contributed by atoms with van der Waals surface area (Å²) in [4.78, 5) is 11.3. The molecule has 184 valence electrons. The molecule has 0 radical (unpaired) electrons. The number of aliphatic hydroxyl groups is 1. The second kappa shape index (κ2) is 11.5. The molecule has 1 aliphatic heterocycles. The van der Waals surface area contributed by atoms with Crippen LogP contribution in [0.1, 0.15) is 37.3 Å². The summed E-state index contributed by atoms with van der Waals surface area (Å²) < 4.78 is 7.63. The number of hydrogen-bond acceptors (Lipinski definition) is 9. The van der Waals surface area contributed by atoms with E-state index in [0.717, 1.165) is 62.4 Å². The van der Waals surface area contributed by atoms with E-state index in [0.29, 0.717) is 24.3 Å². The highest BCUT2D eigenvalue weighted by Crippen LogP contribution is 2.27. The van der Waals surface area contributed by atoms with Crippen molar-refractivity contribution in [1.29, 1.82) is 0 Å². The van der Waals surface area contributed by atoms with E-state index < -0.39 is 0 Å². The summed E-state index contributed by atoms with van der Waals surface area (Å²) in [5.41, 5.74) is 9.71. The quantitative estimate of drug-likeness (QED) is 0.333. The standard InChI is InChI=1S/C24H36N8O2/c1-3-4-19(7-12-33)28-23-22-20(29-24(25)30-23)14-27-32(22)16-18-6-5-17(13-21(18)34-2)15-31-10-8-26-9-11-31/h5-6,13-14,19,26,33H,3-4,7-12,15-16H2,1-2H3,(H3,25,28,29,30). The van der Waals surface area contributed by atoms with Crippen molar-refractivity contribution < 1.29 is 9.84 Å². The first-order valence-corrected chi connectivity index (χ1v) is 12.1. The van der Waals surface area contributed by atoms with Crippen LogP contribution in [0.25, 0.3) is 11.0 Å². The molecule has 4 rings (SSSR count). The van der Waals surface area contributed by atoms with E-state index in [2.05, 4.69) is 55.7 Å². The van der Waals surface area contributed by atoms with Crippen LogP contribution in [0.5, 0.6) is 5.75 Å². The summed E-state index contributed by atoms with van der Waals surface area (Å²) >= 11 is 0. The zero-order valence-corrected chi connectivity index (χ0v) is 20.1. The van der Waals surface area contributed by atoms with Crippen LogP contribution >= 0.6 is 0 Å². The van der Waals surface area contributed by atoms with Crippen LogP contribution in [-0.2, 0) is 13.1 Å². The number of methoxy groups -OCH3 is 1. The number of nitrogens with two attached hydrogens (primary N) is 1. The Morgan fingerprint density at radius 2 is 2.03 bits per heavy atom.